The second-order valence-electron chi connectivity index (χ2n) is 0.758. The van der Waals surface area contributed by atoms with Crippen LogP contribution in [0.15, 0.2) is 12.7 Å². The first-order chi connectivity index (χ1) is 3.18. The van der Waals surface area contributed by atoms with E-state index in [0.29, 0.717) is 0 Å². The van der Waals surface area contributed by atoms with Crippen molar-refractivity contribution in [2.45, 2.75) is 0 Å². The fraction of sp³-hybridized carbons (Fsp3) is 0. The SMILES string of the molecule is C=CC([O])=S(=O)=O. The monoisotopic (exact) mass is 119 g/mol. The highest BCUT2D eigenvalue weighted by atomic mass is 32.2. The Bertz CT molecular complexity index is 178. The number of rotatable bonds is 1. The Morgan fingerprint density at radius 1 is 1.57 bits per heavy atom. The van der Waals surface area contributed by atoms with E-state index in [1.165, 1.54) is 0 Å². The van der Waals surface area contributed by atoms with E-state index in [9.17, 15) is 13.5 Å². The largest absolute Gasteiger partial charge is 0.248 e. The molecule has 0 atom stereocenters. The maximum absolute atomic E-state index is 9.78. The standard InChI is InChI=1S/C3H3O3S/c1-2-3(4)7(5)6/h2H,1H2. The zero-order valence-corrected chi connectivity index (χ0v) is 4.23. The Labute approximate surface area is 42.4 Å². The van der Waals surface area contributed by atoms with Crippen LogP contribution >= 0.6 is 0 Å². The minimum absolute atomic E-state index is 0.739. The first-order valence-electron chi connectivity index (χ1n) is 1.44. The Balaban J connectivity index is 4.67. The van der Waals surface area contributed by atoms with Gasteiger partial charge in [-0.05, 0) is 6.08 Å². The number of hydrogen-bond donors (Lipinski definition) is 0. The third-order valence-electron chi connectivity index (χ3n) is 0.331. The van der Waals surface area contributed by atoms with Crippen molar-refractivity contribution < 1.29 is 13.5 Å². The maximum atomic E-state index is 9.78. The van der Waals surface area contributed by atoms with Crippen molar-refractivity contribution in [3.05, 3.63) is 12.7 Å². The van der Waals surface area contributed by atoms with Gasteiger partial charge in [0, 0.05) is 0 Å². The predicted molar refractivity (Wildman–Crippen MR) is 24.8 cm³/mol. The van der Waals surface area contributed by atoms with Crippen LogP contribution in [-0.2, 0) is 15.4 Å². The van der Waals surface area contributed by atoms with Gasteiger partial charge in [0.05, 0.1) is 0 Å². The van der Waals surface area contributed by atoms with Gasteiger partial charge < -0.3 is 0 Å². The Hall–Kier alpha value is -0.610. The summed E-state index contributed by atoms with van der Waals surface area (Å²) in [5, 5.41) is 8.81. The molecule has 0 N–H and O–H groups in total. The van der Waals surface area contributed by atoms with E-state index in [2.05, 4.69) is 6.58 Å². The fourth-order valence-electron chi connectivity index (χ4n) is 0.0680. The van der Waals surface area contributed by atoms with Gasteiger partial charge in [-0.25, -0.2) is 0 Å². The van der Waals surface area contributed by atoms with Gasteiger partial charge in [-0.15, -0.1) is 0 Å². The lowest BCUT2D eigenvalue weighted by Gasteiger charge is -1.64. The van der Waals surface area contributed by atoms with Crippen molar-refractivity contribution in [3.63, 3.8) is 0 Å². The van der Waals surface area contributed by atoms with Crippen LogP contribution in [0.3, 0.4) is 0 Å². The molecule has 7 heavy (non-hydrogen) atoms. The topological polar surface area (TPSA) is 54.0 Å². The third-order valence-corrected chi connectivity index (χ3v) is 0.826. The first kappa shape index (κ1) is 6.39. The summed E-state index contributed by atoms with van der Waals surface area (Å²) in [6, 6.07) is 0. The van der Waals surface area contributed by atoms with E-state index in [1.807, 2.05) is 0 Å². The van der Waals surface area contributed by atoms with Crippen molar-refractivity contribution >= 4 is 15.3 Å². The third kappa shape index (κ3) is 2.13. The van der Waals surface area contributed by atoms with Gasteiger partial charge in [-0.2, -0.15) is 13.5 Å². The highest BCUT2D eigenvalue weighted by Crippen LogP contribution is 1.63. The van der Waals surface area contributed by atoms with Crippen LogP contribution in [0.4, 0.5) is 0 Å². The smallest absolute Gasteiger partial charge is 0.182 e. The van der Waals surface area contributed by atoms with E-state index >= 15 is 0 Å². The Kier molecular flexibility index (Phi) is 2.32. The summed E-state index contributed by atoms with van der Waals surface area (Å²) in [6.45, 7) is 2.94. The molecule has 1 radical (unpaired) electrons. The number of hydrogen-bond acceptors (Lipinski definition) is 2. The molecule has 0 aromatic heterocycles. The molecule has 0 amide bonds. The van der Waals surface area contributed by atoms with Crippen LogP contribution in [-0.4, -0.2) is 13.5 Å². The van der Waals surface area contributed by atoms with E-state index in [4.69, 9.17) is 0 Å². The van der Waals surface area contributed by atoms with Crippen molar-refractivity contribution in [1.82, 2.24) is 0 Å². The summed E-state index contributed by atoms with van der Waals surface area (Å²) in [6.07, 6.45) is 0.739. The molecule has 0 aliphatic heterocycles. The maximum Gasteiger partial charge on any atom is 0.248 e. The molecule has 0 heterocycles. The zero-order valence-electron chi connectivity index (χ0n) is 3.42. The molecule has 0 aliphatic rings. The van der Waals surface area contributed by atoms with Gasteiger partial charge in [-0.3, -0.25) is 0 Å². The second kappa shape index (κ2) is 2.54. The molecule has 4 heteroatoms. The molecule has 0 saturated heterocycles. The lowest BCUT2D eigenvalue weighted by molar-refractivity contribution is 0.442. The van der Waals surface area contributed by atoms with Crippen LogP contribution in [0.1, 0.15) is 0 Å². The van der Waals surface area contributed by atoms with Crippen LogP contribution in [0, 0.1) is 0 Å². The van der Waals surface area contributed by atoms with Crippen molar-refractivity contribution in [2.24, 2.45) is 0 Å². The van der Waals surface area contributed by atoms with Crippen molar-refractivity contribution in [1.29, 1.82) is 0 Å². The Morgan fingerprint density at radius 2 is 2.00 bits per heavy atom. The van der Waals surface area contributed by atoms with E-state index in [0.717, 1.165) is 6.08 Å². The van der Waals surface area contributed by atoms with Gasteiger partial charge in [0.15, 0.2) is 0 Å². The van der Waals surface area contributed by atoms with Crippen molar-refractivity contribution in [3.8, 4) is 0 Å². The van der Waals surface area contributed by atoms with Crippen LogP contribution in [0.5, 0.6) is 0 Å². The van der Waals surface area contributed by atoms with E-state index in [1.54, 1.807) is 0 Å². The van der Waals surface area contributed by atoms with Gasteiger partial charge in [0.25, 0.3) is 0 Å². The molecule has 39 valence electrons. The van der Waals surface area contributed by atoms with Crippen LogP contribution in [0.25, 0.3) is 0 Å². The molecule has 0 aromatic carbocycles. The molecular weight excluding hydrogens is 116 g/mol. The summed E-state index contributed by atoms with van der Waals surface area (Å²) in [5.41, 5.74) is 0. The van der Waals surface area contributed by atoms with Crippen molar-refractivity contribution in [2.75, 3.05) is 0 Å². The first-order valence-corrected chi connectivity index (χ1v) is 2.51. The van der Waals surface area contributed by atoms with Gasteiger partial charge in [-0.1, -0.05) is 6.58 Å². The zero-order chi connectivity index (χ0) is 5.86. The summed E-state index contributed by atoms with van der Waals surface area (Å²) in [4.78, 5) is 0. The normalized spacial score (nSPS) is 7.57. The molecule has 0 bridgehead atoms. The highest BCUT2D eigenvalue weighted by molar-refractivity contribution is 7.72. The summed E-state index contributed by atoms with van der Waals surface area (Å²) >= 11 is 0. The molecule has 0 saturated carbocycles. The van der Waals surface area contributed by atoms with E-state index < -0.39 is 15.3 Å². The summed E-state index contributed by atoms with van der Waals surface area (Å²) in [5.74, 6) is 0. The minimum Gasteiger partial charge on any atom is -0.182 e. The van der Waals surface area contributed by atoms with Gasteiger partial charge in [0.2, 0.25) is 15.3 Å². The molecule has 3 nitrogen and oxygen atoms in total. The predicted octanol–water partition coefficient (Wildman–Crippen LogP) is -0.388. The molecule has 0 rings (SSSR count). The molecule has 0 aliphatic carbocycles. The fourth-order valence-corrected chi connectivity index (χ4v) is 0.204. The molecule has 0 spiro atoms. The minimum atomic E-state index is -2.62. The Morgan fingerprint density at radius 3 is 2.00 bits per heavy atom. The molecule has 0 fully saturated rings. The second-order valence-corrected chi connectivity index (χ2v) is 1.63. The summed E-state index contributed by atoms with van der Waals surface area (Å²) < 4.78 is 19.0. The van der Waals surface area contributed by atoms with Crippen LogP contribution in [0.2, 0.25) is 0 Å². The molecule has 0 aromatic rings. The summed E-state index contributed by atoms with van der Waals surface area (Å²) in [7, 11) is -2.62. The average molecular weight is 119 g/mol. The van der Waals surface area contributed by atoms with Crippen LogP contribution < -0.4 is 0 Å². The van der Waals surface area contributed by atoms with E-state index in [-0.39, 0.29) is 0 Å². The average Bonchev–Trinajstić information content (AvgIpc) is 1.65. The lowest BCUT2D eigenvalue weighted by atomic mass is 10.7. The van der Waals surface area contributed by atoms with Gasteiger partial charge >= 0.3 is 0 Å². The lowest BCUT2D eigenvalue weighted by Crippen LogP contribution is -1.85. The highest BCUT2D eigenvalue weighted by Gasteiger charge is 1.83. The quantitative estimate of drug-likeness (QED) is 0.348. The molecular formula is C3H3O3S. The molecule has 0 unspecified atom stereocenters. The van der Waals surface area contributed by atoms with Gasteiger partial charge in [0.1, 0.15) is 0 Å².